The van der Waals surface area contributed by atoms with E-state index >= 15 is 0 Å². The summed E-state index contributed by atoms with van der Waals surface area (Å²) in [6, 6.07) is 11.4. The number of aliphatic hydroxyl groups is 1. The fourth-order valence-corrected chi connectivity index (χ4v) is 4.99. The van der Waals surface area contributed by atoms with E-state index in [9.17, 15) is 14.7 Å². The van der Waals surface area contributed by atoms with E-state index in [1.807, 2.05) is 26.8 Å². The van der Waals surface area contributed by atoms with Crippen molar-refractivity contribution in [3.63, 3.8) is 0 Å². The number of ether oxygens (including phenoxy) is 4. The number of ketones is 1. The van der Waals surface area contributed by atoms with Gasteiger partial charge in [0.2, 0.25) is 0 Å². The Hall–Kier alpha value is -3.56. The van der Waals surface area contributed by atoms with E-state index in [0.29, 0.717) is 61.2 Å². The van der Waals surface area contributed by atoms with Crippen LogP contribution in [0.2, 0.25) is 0 Å². The molecule has 1 unspecified atom stereocenters. The van der Waals surface area contributed by atoms with E-state index in [1.54, 1.807) is 48.4 Å². The maximum absolute atomic E-state index is 13.4. The number of carbonyl (C=O) groups excluding carboxylic acids is 2. The Balaban J connectivity index is 1.70. The first-order valence-corrected chi connectivity index (χ1v) is 13.5. The van der Waals surface area contributed by atoms with Crippen LogP contribution in [0.5, 0.6) is 17.2 Å². The van der Waals surface area contributed by atoms with Crippen molar-refractivity contribution < 1.29 is 33.6 Å². The van der Waals surface area contributed by atoms with Crippen molar-refractivity contribution in [3.8, 4) is 17.2 Å². The molecule has 2 aliphatic rings. The maximum atomic E-state index is 13.4. The number of carbonyl (C=O) groups is 2. The summed E-state index contributed by atoms with van der Waals surface area (Å²) in [5, 5.41) is 11.4. The number of Topliss-reactive ketones (excluding diaryl/α,β-unsaturated/α-hetero) is 1. The Kier molecular flexibility index (Phi) is 9.48. The van der Waals surface area contributed by atoms with Crippen molar-refractivity contribution in [2.24, 2.45) is 0 Å². The third kappa shape index (κ3) is 6.54. The van der Waals surface area contributed by atoms with E-state index < -0.39 is 17.7 Å². The second kappa shape index (κ2) is 13.0. The number of amides is 1. The molecule has 2 saturated heterocycles. The van der Waals surface area contributed by atoms with E-state index in [1.165, 1.54) is 0 Å². The molecule has 0 aromatic heterocycles. The van der Waals surface area contributed by atoms with Gasteiger partial charge in [0, 0.05) is 31.7 Å². The fourth-order valence-electron chi connectivity index (χ4n) is 4.99. The highest BCUT2D eigenvalue weighted by Gasteiger charge is 2.46. The van der Waals surface area contributed by atoms with Crippen molar-refractivity contribution in [1.29, 1.82) is 0 Å². The zero-order valence-corrected chi connectivity index (χ0v) is 23.1. The van der Waals surface area contributed by atoms with Gasteiger partial charge in [-0.2, -0.15) is 0 Å². The van der Waals surface area contributed by atoms with Crippen LogP contribution < -0.4 is 14.2 Å². The topological polar surface area (TPSA) is 97.8 Å². The summed E-state index contributed by atoms with van der Waals surface area (Å²) in [4.78, 5) is 30.6. The highest BCUT2D eigenvalue weighted by Crippen LogP contribution is 2.42. The molecule has 9 heteroatoms. The van der Waals surface area contributed by atoms with Crippen LogP contribution >= 0.6 is 0 Å². The molecule has 0 saturated carbocycles. The number of methoxy groups -OCH3 is 1. The number of rotatable bonds is 11. The van der Waals surface area contributed by atoms with Crippen LogP contribution in [0.15, 0.2) is 48.0 Å². The smallest absolute Gasteiger partial charge is 0.295 e. The Bertz CT molecular complexity index is 1190. The molecule has 0 spiro atoms. The van der Waals surface area contributed by atoms with Crippen molar-refractivity contribution in [3.05, 3.63) is 59.2 Å². The van der Waals surface area contributed by atoms with Crippen LogP contribution in [0.1, 0.15) is 44.4 Å². The number of nitrogens with zero attached hydrogens (tertiary/aromatic N) is 2. The van der Waals surface area contributed by atoms with Crippen LogP contribution in [0.25, 0.3) is 5.76 Å². The molecular weight excluding hydrogens is 500 g/mol. The van der Waals surface area contributed by atoms with Crippen LogP contribution in [-0.2, 0) is 14.3 Å². The van der Waals surface area contributed by atoms with Crippen LogP contribution in [0, 0.1) is 0 Å². The Morgan fingerprint density at radius 2 is 1.77 bits per heavy atom. The van der Waals surface area contributed by atoms with Gasteiger partial charge in [0.1, 0.15) is 11.5 Å². The largest absolute Gasteiger partial charge is 0.507 e. The van der Waals surface area contributed by atoms with Crippen molar-refractivity contribution >= 4 is 17.4 Å². The quantitative estimate of drug-likeness (QED) is 0.260. The summed E-state index contributed by atoms with van der Waals surface area (Å²) < 4.78 is 22.4. The predicted molar refractivity (Wildman–Crippen MR) is 147 cm³/mol. The highest BCUT2D eigenvalue weighted by atomic mass is 16.5. The summed E-state index contributed by atoms with van der Waals surface area (Å²) in [7, 11) is 1.54. The van der Waals surface area contributed by atoms with Crippen LogP contribution in [0.3, 0.4) is 0 Å². The van der Waals surface area contributed by atoms with Crippen molar-refractivity contribution in [1.82, 2.24) is 9.80 Å². The van der Waals surface area contributed by atoms with E-state index in [4.69, 9.17) is 18.9 Å². The highest BCUT2D eigenvalue weighted by molar-refractivity contribution is 6.46. The van der Waals surface area contributed by atoms with Gasteiger partial charge in [-0.1, -0.05) is 6.07 Å². The first kappa shape index (κ1) is 28.4. The van der Waals surface area contributed by atoms with Gasteiger partial charge in [-0.3, -0.25) is 14.5 Å². The lowest BCUT2D eigenvalue weighted by Gasteiger charge is -2.29. The average Bonchev–Trinajstić information content (AvgIpc) is 3.19. The molecule has 0 aliphatic carbocycles. The molecule has 2 fully saturated rings. The molecule has 2 aromatic rings. The summed E-state index contributed by atoms with van der Waals surface area (Å²) in [5.41, 5.74) is 1.14. The molecule has 39 heavy (non-hydrogen) atoms. The molecule has 1 amide bonds. The lowest BCUT2D eigenvalue weighted by atomic mass is 9.95. The monoisotopic (exact) mass is 538 g/mol. The molecule has 0 radical (unpaired) electrons. The summed E-state index contributed by atoms with van der Waals surface area (Å²) in [6.07, 6.45) is 0.681. The number of hydrogen-bond acceptors (Lipinski definition) is 8. The number of hydrogen-bond donors (Lipinski definition) is 1. The zero-order chi connectivity index (χ0) is 27.9. The molecule has 2 aliphatic heterocycles. The first-order valence-electron chi connectivity index (χ1n) is 13.5. The number of morpholine rings is 1. The minimum Gasteiger partial charge on any atom is -0.507 e. The van der Waals surface area contributed by atoms with Gasteiger partial charge in [-0.15, -0.1) is 0 Å². The molecule has 4 rings (SSSR count). The lowest BCUT2D eigenvalue weighted by Crippen LogP contribution is -2.39. The van der Waals surface area contributed by atoms with Crippen molar-refractivity contribution in [2.45, 2.75) is 39.3 Å². The molecule has 0 bridgehead atoms. The van der Waals surface area contributed by atoms with E-state index in [0.717, 1.165) is 19.6 Å². The second-order valence-corrected chi connectivity index (χ2v) is 9.83. The van der Waals surface area contributed by atoms with Crippen LogP contribution in [-0.4, -0.2) is 85.8 Å². The molecule has 9 nitrogen and oxygen atoms in total. The molecule has 1 atom stereocenters. The number of benzene rings is 2. The molecule has 2 aromatic carbocycles. The first-order chi connectivity index (χ1) is 18.8. The van der Waals surface area contributed by atoms with Gasteiger partial charge < -0.3 is 29.0 Å². The third-order valence-corrected chi connectivity index (χ3v) is 6.82. The van der Waals surface area contributed by atoms with Gasteiger partial charge in [0.05, 0.1) is 44.6 Å². The Labute approximate surface area is 229 Å². The molecule has 1 N–H and O–H groups in total. The zero-order valence-electron chi connectivity index (χ0n) is 23.1. The summed E-state index contributed by atoms with van der Waals surface area (Å²) >= 11 is 0. The van der Waals surface area contributed by atoms with Gasteiger partial charge in [0.15, 0.2) is 11.5 Å². The predicted octanol–water partition coefficient (Wildman–Crippen LogP) is 4.03. The van der Waals surface area contributed by atoms with Gasteiger partial charge >= 0.3 is 0 Å². The lowest BCUT2D eigenvalue weighted by molar-refractivity contribution is -0.140. The maximum Gasteiger partial charge on any atom is 0.295 e. The minimum absolute atomic E-state index is 0.00174. The minimum atomic E-state index is -0.772. The van der Waals surface area contributed by atoms with Crippen molar-refractivity contribution in [2.75, 3.05) is 53.1 Å². The Morgan fingerprint density at radius 1 is 1.05 bits per heavy atom. The van der Waals surface area contributed by atoms with Gasteiger partial charge in [0.25, 0.3) is 11.7 Å². The van der Waals surface area contributed by atoms with E-state index in [2.05, 4.69) is 4.90 Å². The van der Waals surface area contributed by atoms with Crippen LogP contribution in [0.4, 0.5) is 0 Å². The van der Waals surface area contributed by atoms with E-state index in [-0.39, 0.29) is 17.4 Å². The summed E-state index contributed by atoms with van der Waals surface area (Å²) in [6.45, 7) is 10.4. The number of likely N-dealkylation sites (tertiary alicyclic amines) is 1. The second-order valence-electron chi connectivity index (χ2n) is 9.83. The van der Waals surface area contributed by atoms with Gasteiger partial charge in [-0.05, 0) is 69.2 Å². The molecule has 210 valence electrons. The fraction of sp³-hybridized carbons (Fsp3) is 0.467. The summed E-state index contributed by atoms with van der Waals surface area (Å²) in [5.74, 6) is 0.142. The molecule has 2 heterocycles. The molecular formula is C30H38N2O7. The normalized spacial score (nSPS) is 19.5. The Morgan fingerprint density at radius 3 is 2.41 bits per heavy atom. The number of aliphatic hydroxyl groups excluding tert-OH is 1. The standard InChI is InChI=1S/C30H38N2O7/c1-5-38-24-12-9-22(19-25(24)36-4)27-26(28(33)21-7-10-23(11-8-21)39-20(2)3)29(34)30(35)32(27)14-6-13-31-15-17-37-18-16-31/h7-12,19-20,27,33H,5-6,13-18H2,1-4H3/b28-26+. The third-order valence-electron chi connectivity index (χ3n) is 6.82. The van der Waals surface area contributed by atoms with Gasteiger partial charge in [-0.25, -0.2) is 0 Å². The average molecular weight is 539 g/mol. The SMILES string of the molecule is CCOc1ccc(C2/C(=C(\O)c3ccc(OC(C)C)cc3)C(=O)C(=O)N2CCCN2CCOCC2)cc1OC.